The van der Waals surface area contributed by atoms with Gasteiger partial charge in [0.05, 0.1) is 36.4 Å². The zero-order valence-corrected chi connectivity index (χ0v) is 16.8. The molecule has 154 valence electrons. The number of likely N-dealkylation sites (tertiary alicyclic amines) is 1. The number of Topliss-reactive ketones (excluding diaryl/α,β-unsaturated/α-hetero) is 1. The van der Waals surface area contributed by atoms with E-state index < -0.39 is 0 Å². The van der Waals surface area contributed by atoms with Gasteiger partial charge in [-0.2, -0.15) is 5.10 Å². The number of nitrogen functional groups attached to an aromatic ring is 1. The van der Waals surface area contributed by atoms with Gasteiger partial charge in [0.2, 0.25) is 0 Å². The molecule has 0 saturated carbocycles. The number of benzene rings is 1. The fourth-order valence-corrected chi connectivity index (χ4v) is 3.52. The van der Waals surface area contributed by atoms with Crippen molar-refractivity contribution in [3.8, 4) is 11.4 Å². The summed E-state index contributed by atoms with van der Waals surface area (Å²) in [7, 11) is 1.59. The maximum Gasteiger partial charge on any atom is 0.274 e. The monoisotopic (exact) mass is 406 g/mol. The third-order valence-electron chi connectivity index (χ3n) is 5.24. The lowest BCUT2D eigenvalue weighted by Gasteiger charge is -2.15. The molecule has 9 nitrogen and oxygen atoms in total. The third kappa shape index (κ3) is 3.61. The van der Waals surface area contributed by atoms with Gasteiger partial charge in [0.1, 0.15) is 17.3 Å². The molecule has 0 aliphatic carbocycles. The molecule has 1 saturated heterocycles. The van der Waals surface area contributed by atoms with Crippen LogP contribution >= 0.6 is 0 Å². The van der Waals surface area contributed by atoms with Crippen LogP contribution in [0.15, 0.2) is 42.9 Å². The van der Waals surface area contributed by atoms with Crippen LogP contribution in [0.2, 0.25) is 0 Å². The van der Waals surface area contributed by atoms with E-state index in [-0.39, 0.29) is 29.1 Å². The summed E-state index contributed by atoms with van der Waals surface area (Å²) in [6.07, 6.45) is 5.07. The van der Waals surface area contributed by atoms with E-state index in [4.69, 9.17) is 10.5 Å². The first-order valence-corrected chi connectivity index (χ1v) is 9.58. The number of hydrogen-bond donors (Lipinski definition) is 1. The van der Waals surface area contributed by atoms with Gasteiger partial charge in [-0.3, -0.25) is 14.6 Å². The number of carbonyl (C=O) groups is 2. The van der Waals surface area contributed by atoms with Crippen LogP contribution in [0.4, 0.5) is 5.82 Å². The number of aromatic nitrogens is 4. The topological polar surface area (TPSA) is 116 Å². The van der Waals surface area contributed by atoms with E-state index in [0.717, 1.165) is 17.1 Å². The molecule has 9 heteroatoms. The van der Waals surface area contributed by atoms with E-state index in [9.17, 15) is 9.59 Å². The van der Waals surface area contributed by atoms with Crippen LogP contribution < -0.4 is 10.5 Å². The average Bonchev–Trinajstić information content (AvgIpc) is 3.41. The molecule has 2 aromatic heterocycles. The van der Waals surface area contributed by atoms with Gasteiger partial charge in [-0.1, -0.05) is 0 Å². The summed E-state index contributed by atoms with van der Waals surface area (Å²) in [6.45, 7) is 2.61. The molecule has 0 radical (unpaired) electrons. The summed E-state index contributed by atoms with van der Waals surface area (Å²) < 4.78 is 6.68. The Morgan fingerprint density at radius 3 is 2.57 bits per heavy atom. The first-order valence-electron chi connectivity index (χ1n) is 9.58. The summed E-state index contributed by atoms with van der Waals surface area (Å²) in [5, 5.41) is 4.28. The minimum atomic E-state index is -0.330. The predicted octanol–water partition coefficient (Wildman–Crippen LogP) is 1.91. The number of nitrogens with two attached hydrogens (primary N) is 1. The van der Waals surface area contributed by atoms with Gasteiger partial charge in [0, 0.05) is 25.2 Å². The largest absolute Gasteiger partial charge is 0.497 e. The van der Waals surface area contributed by atoms with E-state index in [2.05, 4.69) is 15.1 Å². The second kappa shape index (κ2) is 7.94. The molecule has 3 heterocycles. The fraction of sp³-hybridized carbons (Fsp3) is 0.286. The molecular formula is C21H22N6O3. The summed E-state index contributed by atoms with van der Waals surface area (Å²) in [4.78, 5) is 35.6. The number of rotatable bonds is 5. The molecule has 0 unspecified atom stereocenters. The number of methoxy groups -OCH3 is 1. The van der Waals surface area contributed by atoms with Crippen molar-refractivity contribution in [3.05, 3.63) is 59.8 Å². The molecule has 4 rings (SSSR count). The Labute approximate surface area is 173 Å². The highest BCUT2D eigenvalue weighted by Gasteiger charge is 2.34. The second-order valence-electron chi connectivity index (χ2n) is 7.20. The molecule has 1 aliphatic heterocycles. The van der Waals surface area contributed by atoms with Crippen molar-refractivity contribution in [2.45, 2.75) is 13.3 Å². The Kier molecular flexibility index (Phi) is 5.18. The molecule has 1 atom stereocenters. The lowest BCUT2D eigenvalue weighted by atomic mass is 9.98. The number of amides is 1. The number of nitrogens with zero attached hydrogens (tertiary/aromatic N) is 5. The van der Waals surface area contributed by atoms with E-state index in [1.165, 1.54) is 17.1 Å². The van der Waals surface area contributed by atoms with Gasteiger partial charge >= 0.3 is 0 Å². The average molecular weight is 406 g/mol. The van der Waals surface area contributed by atoms with Crippen molar-refractivity contribution >= 4 is 17.5 Å². The summed E-state index contributed by atoms with van der Waals surface area (Å²) in [5.74, 6) is 0.328. The maximum absolute atomic E-state index is 13.0. The van der Waals surface area contributed by atoms with Gasteiger partial charge in [0.15, 0.2) is 5.78 Å². The Bertz CT molecular complexity index is 1080. The molecule has 3 aromatic rings. The lowest BCUT2D eigenvalue weighted by Crippen LogP contribution is -2.30. The second-order valence-corrected chi connectivity index (χ2v) is 7.20. The molecule has 1 amide bonds. The molecule has 1 fully saturated rings. The molecule has 1 aliphatic rings. The predicted molar refractivity (Wildman–Crippen MR) is 110 cm³/mol. The summed E-state index contributed by atoms with van der Waals surface area (Å²) >= 11 is 0. The van der Waals surface area contributed by atoms with Crippen LogP contribution in [-0.4, -0.2) is 56.5 Å². The van der Waals surface area contributed by atoms with Crippen LogP contribution in [0.5, 0.6) is 5.75 Å². The van der Waals surface area contributed by atoms with E-state index in [1.54, 1.807) is 30.3 Å². The quantitative estimate of drug-likeness (QED) is 0.643. The van der Waals surface area contributed by atoms with Crippen LogP contribution in [0.25, 0.3) is 5.69 Å². The highest BCUT2D eigenvalue weighted by atomic mass is 16.5. The molecule has 30 heavy (non-hydrogen) atoms. The SMILES string of the molecule is COc1ccc(-n2ncc(C(=O)[C@H]3CCN(C(=O)c4cnc(C)cn4)C3)c2N)cc1. The van der Waals surface area contributed by atoms with Crippen molar-refractivity contribution in [2.75, 3.05) is 25.9 Å². The molecular weight excluding hydrogens is 384 g/mol. The zero-order valence-electron chi connectivity index (χ0n) is 16.8. The number of carbonyl (C=O) groups excluding carboxylic acids is 2. The molecule has 0 bridgehead atoms. The Morgan fingerprint density at radius 2 is 1.90 bits per heavy atom. The number of ether oxygens (including phenoxy) is 1. The molecule has 0 spiro atoms. The number of aryl methyl sites for hydroxylation is 1. The lowest BCUT2D eigenvalue weighted by molar-refractivity contribution is 0.0774. The first kappa shape index (κ1) is 19.6. The third-order valence-corrected chi connectivity index (χ3v) is 5.24. The smallest absolute Gasteiger partial charge is 0.274 e. The van der Waals surface area contributed by atoms with Crippen molar-refractivity contribution < 1.29 is 14.3 Å². The minimum Gasteiger partial charge on any atom is -0.497 e. The summed E-state index contributed by atoms with van der Waals surface area (Å²) in [6, 6.07) is 7.23. The number of hydrogen-bond acceptors (Lipinski definition) is 7. The Morgan fingerprint density at radius 1 is 1.13 bits per heavy atom. The van der Waals surface area contributed by atoms with Crippen molar-refractivity contribution in [1.82, 2.24) is 24.6 Å². The fourth-order valence-electron chi connectivity index (χ4n) is 3.52. The Hall–Kier alpha value is -3.75. The van der Waals surface area contributed by atoms with Crippen LogP contribution in [-0.2, 0) is 0 Å². The normalized spacial score (nSPS) is 15.9. The molecule has 2 N–H and O–H groups in total. The molecule has 1 aromatic carbocycles. The van der Waals surface area contributed by atoms with Gasteiger partial charge in [-0.25, -0.2) is 9.67 Å². The Balaban J connectivity index is 1.48. The summed E-state index contributed by atoms with van der Waals surface area (Å²) in [5.41, 5.74) is 8.33. The van der Waals surface area contributed by atoms with Gasteiger partial charge in [-0.15, -0.1) is 0 Å². The van der Waals surface area contributed by atoms with Crippen LogP contribution in [0, 0.1) is 12.8 Å². The van der Waals surface area contributed by atoms with E-state index in [0.29, 0.717) is 25.1 Å². The number of anilines is 1. The van der Waals surface area contributed by atoms with Crippen molar-refractivity contribution in [1.29, 1.82) is 0 Å². The van der Waals surface area contributed by atoms with E-state index >= 15 is 0 Å². The highest BCUT2D eigenvalue weighted by molar-refractivity contribution is 6.02. The van der Waals surface area contributed by atoms with Gasteiger partial charge in [-0.05, 0) is 37.6 Å². The van der Waals surface area contributed by atoms with Crippen molar-refractivity contribution in [3.63, 3.8) is 0 Å². The first-order chi connectivity index (χ1) is 14.5. The van der Waals surface area contributed by atoms with Gasteiger partial charge < -0.3 is 15.4 Å². The van der Waals surface area contributed by atoms with Gasteiger partial charge in [0.25, 0.3) is 5.91 Å². The standard InChI is InChI=1S/C21H22N6O3/c1-13-9-24-18(11-23-13)21(29)26-8-7-14(12-26)19(28)17-10-25-27(20(17)22)15-3-5-16(30-2)6-4-15/h3-6,9-11,14H,7-8,12,22H2,1-2H3/t14-/m0/s1. The number of ketones is 1. The highest BCUT2D eigenvalue weighted by Crippen LogP contribution is 2.26. The van der Waals surface area contributed by atoms with Crippen LogP contribution in [0.1, 0.15) is 33.0 Å². The van der Waals surface area contributed by atoms with E-state index in [1.807, 2.05) is 19.1 Å². The van der Waals surface area contributed by atoms with Crippen molar-refractivity contribution in [2.24, 2.45) is 5.92 Å². The minimum absolute atomic E-state index is 0.113. The zero-order chi connectivity index (χ0) is 21.3. The van der Waals surface area contributed by atoms with Crippen LogP contribution in [0.3, 0.4) is 0 Å². The maximum atomic E-state index is 13.0.